The van der Waals surface area contributed by atoms with Crippen LogP contribution in [0.15, 0.2) is 0 Å². The highest BCUT2D eigenvalue weighted by atomic mass is 35.5. The molecule has 1 saturated carbocycles. The third-order valence-electron chi connectivity index (χ3n) is 3.22. The number of carbonyl (C=O) groups excluding carboxylic acids is 2. The number of nitrogens with zero attached hydrogens (tertiary/aromatic N) is 1. The highest BCUT2D eigenvalue weighted by molar-refractivity contribution is 5.85. The van der Waals surface area contributed by atoms with E-state index in [0.717, 1.165) is 25.7 Å². The summed E-state index contributed by atoms with van der Waals surface area (Å²) in [7, 11) is 3.43. The Hall–Kier alpha value is -0.810. The van der Waals surface area contributed by atoms with E-state index in [1.807, 2.05) is 0 Å². The highest BCUT2D eigenvalue weighted by Crippen LogP contribution is 2.22. The first kappa shape index (κ1) is 17.2. The van der Waals surface area contributed by atoms with E-state index in [-0.39, 0.29) is 36.2 Å². The monoisotopic (exact) mass is 277 g/mol. The fourth-order valence-corrected chi connectivity index (χ4v) is 2.13. The fraction of sp³-hybridized carbons (Fsp3) is 0.833. The van der Waals surface area contributed by atoms with Gasteiger partial charge in [0.15, 0.2) is 0 Å². The van der Waals surface area contributed by atoms with Crippen LogP contribution in [-0.2, 0) is 9.59 Å². The van der Waals surface area contributed by atoms with Crippen LogP contribution >= 0.6 is 12.4 Å². The molecule has 3 N–H and O–H groups in total. The molecule has 0 bridgehead atoms. The summed E-state index contributed by atoms with van der Waals surface area (Å²) in [5, 5.41) is 2.82. The number of hydrogen-bond acceptors (Lipinski definition) is 3. The third kappa shape index (κ3) is 5.69. The van der Waals surface area contributed by atoms with Crippen LogP contribution in [0.4, 0.5) is 0 Å². The predicted octanol–water partition coefficient (Wildman–Crippen LogP) is 0.520. The standard InChI is InChI=1S/C12H23N3O2.ClH/c1-15(2)11(16)6-7-14-12(17)9-4-3-5-10(13)8-9;/h9-10H,3-8,13H2,1-2H3,(H,14,17);1H. The number of nitrogens with two attached hydrogens (primary N) is 1. The topological polar surface area (TPSA) is 75.4 Å². The number of carbonyl (C=O) groups is 2. The maximum atomic E-state index is 11.8. The quantitative estimate of drug-likeness (QED) is 0.787. The molecule has 6 heteroatoms. The van der Waals surface area contributed by atoms with Crippen molar-refractivity contribution in [3.05, 3.63) is 0 Å². The van der Waals surface area contributed by atoms with Crippen molar-refractivity contribution in [2.75, 3.05) is 20.6 Å². The van der Waals surface area contributed by atoms with E-state index in [4.69, 9.17) is 5.73 Å². The Balaban J connectivity index is 0.00000289. The highest BCUT2D eigenvalue weighted by Gasteiger charge is 2.24. The smallest absolute Gasteiger partial charge is 0.223 e. The molecule has 0 aromatic heterocycles. The second-order valence-corrected chi connectivity index (χ2v) is 4.95. The summed E-state index contributed by atoms with van der Waals surface area (Å²) in [6.07, 6.45) is 4.09. The molecule has 0 spiro atoms. The molecule has 1 fully saturated rings. The van der Waals surface area contributed by atoms with E-state index < -0.39 is 0 Å². The molecule has 0 heterocycles. The van der Waals surface area contributed by atoms with Crippen molar-refractivity contribution in [2.45, 2.75) is 38.1 Å². The van der Waals surface area contributed by atoms with E-state index >= 15 is 0 Å². The maximum absolute atomic E-state index is 11.8. The molecule has 1 aliphatic rings. The molecule has 0 radical (unpaired) electrons. The van der Waals surface area contributed by atoms with Gasteiger partial charge in [-0.15, -0.1) is 12.4 Å². The molecule has 18 heavy (non-hydrogen) atoms. The Labute approximate surface area is 115 Å². The molecule has 0 saturated heterocycles. The number of rotatable bonds is 4. The van der Waals surface area contributed by atoms with Crippen LogP contribution in [-0.4, -0.2) is 43.4 Å². The van der Waals surface area contributed by atoms with E-state index in [9.17, 15) is 9.59 Å². The van der Waals surface area contributed by atoms with Gasteiger partial charge in [-0.05, 0) is 19.3 Å². The first-order valence-corrected chi connectivity index (χ1v) is 6.24. The van der Waals surface area contributed by atoms with Gasteiger partial charge >= 0.3 is 0 Å². The van der Waals surface area contributed by atoms with Gasteiger partial charge in [-0.25, -0.2) is 0 Å². The minimum Gasteiger partial charge on any atom is -0.355 e. The molecule has 2 amide bonds. The zero-order chi connectivity index (χ0) is 12.8. The normalized spacial score (nSPS) is 22.8. The van der Waals surface area contributed by atoms with Crippen LogP contribution in [0.1, 0.15) is 32.1 Å². The van der Waals surface area contributed by atoms with Crippen LogP contribution < -0.4 is 11.1 Å². The molecule has 1 aliphatic carbocycles. The molecule has 5 nitrogen and oxygen atoms in total. The van der Waals surface area contributed by atoms with Gasteiger partial charge < -0.3 is 16.0 Å². The lowest BCUT2D eigenvalue weighted by Crippen LogP contribution is -2.39. The van der Waals surface area contributed by atoms with Crippen molar-refractivity contribution in [1.29, 1.82) is 0 Å². The lowest BCUT2D eigenvalue weighted by molar-refractivity contribution is -0.129. The van der Waals surface area contributed by atoms with E-state index in [0.29, 0.717) is 13.0 Å². The summed E-state index contributed by atoms with van der Waals surface area (Å²) < 4.78 is 0. The molecule has 0 aromatic rings. The Morgan fingerprint density at radius 2 is 2.00 bits per heavy atom. The molecule has 106 valence electrons. The summed E-state index contributed by atoms with van der Waals surface area (Å²) in [5.41, 5.74) is 5.84. The molecule has 1 rings (SSSR count). The first-order valence-electron chi connectivity index (χ1n) is 6.24. The number of nitrogens with one attached hydrogen (secondary N) is 1. The number of hydrogen-bond donors (Lipinski definition) is 2. The summed E-state index contributed by atoms with van der Waals surface area (Å²) in [6, 6.07) is 0.155. The lowest BCUT2D eigenvalue weighted by atomic mass is 9.85. The van der Waals surface area contributed by atoms with Gasteiger partial charge in [0.2, 0.25) is 11.8 Å². The Morgan fingerprint density at radius 1 is 1.33 bits per heavy atom. The number of amides is 2. The van der Waals surface area contributed by atoms with Crippen molar-refractivity contribution in [1.82, 2.24) is 10.2 Å². The third-order valence-corrected chi connectivity index (χ3v) is 3.22. The molecule has 2 unspecified atom stereocenters. The summed E-state index contributed by atoms with van der Waals surface area (Å²) in [6.45, 7) is 0.418. The summed E-state index contributed by atoms with van der Waals surface area (Å²) >= 11 is 0. The van der Waals surface area contributed by atoms with Crippen molar-refractivity contribution < 1.29 is 9.59 Å². The number of halogens is 1. The van der Waals surface area contributed by atoms with E-state index in [1.54, 1.807) is 14.1 Å². The summed E-state index contributed by atoms with van der Waals surface area (Å²) in [5.74, 6) is 0.116. The Kier molecular flexibility index (Phi) is 7.95. The molecule has 2 atom stereocenters. The Morgan fingerprint density at radius 3 is 2.56 bits per heavy atom. The SMILES string of the molecule is CN(C)C(=O)CCNC(=O)C1CCCC(N)C1.Cl. The van der Waals surface area contributed by atoms with Crippen LogP contribution in [0.2, 0.25) is 0 Å². The largest absolute Gasteiger partial charge is 0.355 e. The van der Waals surface area contributed by atoms with Crippen LogP contribution in [0.5, 0.6) is 0 Å². The second kappa shape index (κ2) is 8.32. The van der Waals surface area contributed by atoms with E-state index in [1.165, 1.54) is 4.90 Å². The van der Waals surface area contributed by atoms with Gasteiger partial charge in [-0.2, -0.15) is 0 Å². The van der Waals surface area contributed by atoms with Crippen molar-refractivity contribution in [3.63, 3.8) is 0 Å². The van der Waals surface area contributed by atoms with Gasteiger partial charge in [-0.1, -0.05) is 6.42 Å². The zero-order valence-electron chi connectivity index (χ0n) is 11.1. The lowest BCUT2D eigenvalue weighted by Gasteiger charge is -2.25. The van der Waals surface area contributed by atoms with Crippen molar-refractivity contribution >= 4 is 24.2 Å². The molecule has 0 aliphatic heterocycles. The average Bonchev–Trinajstić information content (AvgIpc) is 2.28. The first-order chi connectivity index (χ1) is 8.00. The summed E-state index contributed by atoms with van der Waals surface area (Å²) in [4.78, 5) is 24.6. The maximum Gasteiger partial charge on any atom is 0.223 e. The van der Waals surface area contributed by atoms with E-state index in [2.05, 4.69) is 5.32 Å². The van der Waals surface area contributed by atoms with Crippen LogP contribution in [0.3, 0.4) is 0 Å². The van der Waals surface area contributed by atoms with Gasteiger partial charge in [0.05, 0.1) is 0 Å². The van der Waals surface area contributed by atoms with Gasteiger partial charge in [0.1, 0.15) is 0 Å². The fourth-order valence-electron chi connectivity index (χ4n) is 2.13. The predicted molar refractivity (Wildman–Crippen MR) is 73.5 cm³/mol. The van der Waals surface area contributed by atoms with Crippen molar-refractivity contribution in [2.24, 2.45) is 11.7 Å². The molecular weight excluding hydrogens is 254 g/mol. The second-order valence-electron chi connectivity index (χ2n) is 4.95. The van der Waals surface area contributed by atoms with Crippen molar-refractivity contribution in [3.8, 4) is 0 Å². The van der Waals surface area contributed by atoms with Gasteiger partial charge in [0.25, 0.3) is 0 Å². The van der Waals surface area contributed by atoms with Crippen LogP contribution in [0, 0.1) is 5.92 Å². The van der Waals surface area contributed by atoms with Crippen LogP contribution in [0.25, 0.3) is 0 Å². The van der Waals surface area contributed by atoms with Gasteiger partial charge in [-0.3, -0.25) is 9.59 Å². The molecule has 0 aromatic carbocycles. The van der Waals surface area contributed by atoms with Gasteiger partial charge in [0, 0.05) is 39.0 Å². The molecular formula is C12H24ClN3O2. The minimum absolute atomic E-state index is 0. The Bertz CT molecular complexity index is 284. The zero-order valence-corrected chi connectivity index (χ0v) is 12.0. The average molecular weight is 278 g/mol. The minimum atomic E-state index is 0.